The van der Waals surface area contributed by atoms with Crippen LogP contribution in [0.25, 0.3) is 0 Å². The minimum atomic E-state index is 0.253. The largest absolute Gasteiger partial charge is 0.339 e. The first kappa shape index (κ1) is 18.0. The Morgan fingerprint density at radius 1 is 1.31 bits per heavy atom. The summed E-state index contributed by atoms with van der Waals surface area (Å²) >= 11 is 0. The summed E-state index contributed by atoms with van der Waals surface area (Å²) in [6.45, 7) is 11.7. The molecule has 1 aliphatic carbocycles. The van der Waals surface area contributed by atoms with Crippen LogP contribution in [-0.2, 0) is 4.79 Å². The van der Waals surface area contributed by atoms with Crippen LogP contribution in [0.2, 0.25) is 0 Å². The zero-order valence-corrected chi connectivity index (χ0v) is 16.7. The average molecular weight is 360 g/mol. The first-order valence-corrected chi connectivity index (χ1v) is 10.2. The SMILES string of the molecule is Cc1nc(C(C)N2CCC3(CC2)CC(C)N(C(=O)CC2(C)CC2)C3)n[nH]1. The maximum atomic E-state index is 12.8. The van der Waals surface area contributed by atoms with E-state index in [1.165, 1.54) is 25.7 Å². The highest BCUT2D eigenvalue weighted by Gasteiger charge is 2.48. The Kier molecular flexibility index (Phi) is 4.37. The van der Waals surface area contributed by atoms with Gasteiger partial charge in [0.25, 0.3) is 0 Å². The molecule has 3 fully saturated rings. The van der Waals surface area contributed by atoms with E-state index in [0.29, 0.717) is 22.8 Å². The predicted octanol–water partition coefficient (Wildman–Crippen LogP) is 3.07. The number of likely N-dealkylation sites (tertiary alicyclic amines) is 2. The predicted molar refractivity (Wildman–Crippen MR) is 101 cm³/mol. The summed E-state index contributed by atoms with van der Waals surface area (Å²) in [6.07, 6.45) is 6.70. The molecular formula is C20H33N5O. The van der Waals surface area contributed by atoms with Crippen LogP contribution in [0, 0.1) is 17.8 Å². The van der Waals surface area contributed by atoms with Crippen LogP contribution in [0.4, 0.5) is 0 Å². The van der Waals surface area contributed by atoms with Gasteiger partial charge in [-0.2, -0.15) is 5.10 Å². The number of H-pyrrole nitrogens is 1. The molecule has 26 heavy (non-hydrogen) atoms. The number of amides is 1. The quantitative estimate of drug-likeness (QED) is 0.897. The number of nitrogens with one attached hydrogen (secondary N) is 1. The minimum absolute atomic E-state index is 0.253. The van der Waals surface area contributed by atoms with Gasteiger partial charge in [-0.1, -0.05) is 6.92 Å². The molecule has 1 N–H and O–H groups in total. The molecule has 3 aliphatic rings. The molecule has 2 saturated heterocycles. The van der Waals surface area contributed by atoms with Crippen molar-refractivity contribution in [3.05, 3.63) is 11.6 Å². The second-order valence-electron chi connectivity index (χ2n) is 9.55. The third kappa shape index (κ3) is 3.40. The number of carbonyl (C=O) groups is 1. The van der Waals surface area contributed by atoms with Crippen LogP contribution in [0.15, 0.2) is 0 Å². The van der Waals surface area contributed by atoms with Gasteiger partial charge < -0.3 is 4.90 Å². The molecule has 2 unspecified atom stereocenters. The Hall–Kier alpha value is -1.43. The van der Waals surface area contributed by atoms with Gasteiger partial charge in [0.1, 0.15) is 5.82 Å². The lowest BCUT2D eigenvalue weighted by atomic mass is 9.76. The van der Waals surface area contributed by atoms with Gasteiger partial charge in [0.15, 0.2) is 5.82 Å². The fraction of sp³-hybridized carbons (Fsp3) is 0.850. The van der Waals surface area contributed by atoms with Gasteiger partial charge in [0, 0.05) is 19.0 Å². The van der Waals surface area contributed by atoms with Crippen LogP contribution in [0.5, 0.6) is 0 Å². The molecule has 1 spiro atoms. The molecule has 0 bridgehead atoms. The number of nitrogens with zero attached hydrogens (tertiary/aromatic N) is 4. The van der Waals surface area contributed by atoms with Gasteiger partial charge in [-0.25, -0.2) is 4.98 Å². The van der Waals surface area contributed by atoms with Crippen LogP contribution in [0.1, 0.15) is 77.0 Å². The summed E-state index contributed by atoms with van der Waals surface area (Å²) in [5.74, 6) is 2.16. The van der Waals surface area contributed by atoms with Crippen LogP contribution < -0.4 is 0 Å². The Morgan fingerprint density at radius 3 is 2.58 bits per heavy atom. The number of rotatable bonds is 4. The molecule has 0 radical (unpaired) electrons. The van der Waals surface area contributed by atoms with Crippen LogP contribution >= 0.6 is 0 Å². The van der Waals surface area contributed by atoms with Crippen molar-refractivity contribution in [1.29, 1.82) is 0 Å². The zero-order chi connectivity index (χ0) is 18.5. The van der Waals surface area contributed by atoms with Crippen molar-refractivity contribution in [2.75, 3.05) is 19.6 Å². The molecule has 4 rings (SSSR count). The van der Waals surface area contributed by atoms with Crippen molar-refractivity contribution < 1.29 is 4.79 Å². The Morgan fingerprint density at radius 2 is 2.00 bits per heavy atom. The van der Waals surface area contributed by atoms with E-state index in [0.717, 1.165) is 44.1 Å². The zero-order valence-electron chi connectivity index (χ0n) is 16.7. The van der Waals surface area contributed by atoms with E-state index in [4.69, 9.17) is 0 Å². The lowest BCUT2D eigenvalue weighted by Gasteiger charge is -2.41. The average Bonchev–Trinajstić information content (AvgIpc) is 3.02. The van der Waals surface area contributed by atoms with E-state index >= 15 is 0 Å². The number of aryl methyl sites for hydroxylation is 1. The monoisotopic (exact) mass is 359 g/mol. The van der Waals surface area contributed by atoms with E-state index in [2.05, 4.69) is 45.8 Å². The van der Waals surface area contributed by atoms with Crippen molar-refractivity contribution in [2.45, 2.75) is 78.3 Å². The molecule has 0 aromatic carbocycles. The first-order valence-electron chi connectivity index (χ1n) is 10.2. The molecule has 1 aromatic rings. The lowest BCUT2D eigenvalue weighted by Crippen LogP contribution is -2.43. The Labute approximate surface area is 156 Å². The van der Waals surface area contributed by atoms with Gasteiger partial charge in [-0.15, -0.1) is 0 Å². The number of aromatic amines is 1. The van der Waals surface area contributed by atoms with Gasteiger partial charge in [0.05, 0.1) is 6.04 Å². The summed E-state index contributed by atoms with van der Waals surface area (Å²) < 4.78 is 0. The van der Waals surface area contributed by atoms with Crippen molar-refractivity contribution in [3.8, 4) is 0 Å². The second kappa shape index (κ2) is 6.32. The third-order valence-electron chi connectivity index (χ3n) is 7.16. The maximum absolute atomic E-state index is 12.8. The smallest absolute Gasteiger partial charge is 0.223 e. The van der Waals surface area contributed by atoms with Crippen LogP contribution in [-0.4, -0.2) is 56.6 Å². The molecule has 2 atom stereocenters. The molecule has 3 heterocycles. The van der Waals surface area contributed by atoms with Crippen molar-refractivity contribution >= 4 is 5.91 Å². The summed E-state index contributed by atoms with van der Waals surface area (Å²) in [4.78, 5) is 22.0. The van der Waals surface area contributed by atoms with Crippen molar-refractivity contribution in [3.63, 3.8) is 0 Å². The standard InChI is InChI=1S/C20H33N5O/c1-14-11-20(13-25(14)17(26)12-19(4)5-6-19)7-9-24(10-8-20)15(2)18-21-16(3)22-23-18/h14-15H,5-13H2,1-4H3,(H,21,22,23). The van der Waals surface area contributed by atoms with Gasteiger partial charge in [-0.3, -0.25) is 14.8 Å². The topological polar surface area (TPSA) is 65.1 Å². The second-order valence-corrected chi connectivity index (χ2v) is 9.55. The van der Waals surface area contributed by atoms with Crippen molar-refractivity contribution in [1.82, 2.24) is 25.0 Å². The summed E-state index contributed by atoms with van der Waals surface area (Å²) in [5, 5.41) is 7.29. The van der Waals surface area contributed by atoms with E-state index in [1.807, 2.05) is 6.92 Å². The van der Waals surface area contributed by atoms with E-state index in [-0.39, 0.29) is 6.04 Å². The number of carbonyl (C=O) groups excluding carboxylic acids is 1. The lowest BCUT2D eigenvalue weighted by molar-refractivity contribution is -0.133. The summed E-state index contributed by atoms with van der Waals surface area (Å²) in [7, 11) is 0. The summed E-state index contributed by atoms with van der Waals surface area (Å²) in [5.41, 5.74) is 0.630. The highest BCUT2D eigenvalue weighted by atomic mass is 16.2. The highest BCUT2D eigenvalue weighted by Crippen LogP contribution is 2.50. The Bertz CT molecular complexity index is 671. The first-order chi connectivity index (χ1) is 12.3. The minimum Gasteiger partial charge on any atom is -0.339 e. The van der Waals surface area contributed by atoms with Crippen molar-refractivity contribution in [2.24, 2.45) is 10.8 Å². The molecular weight excluding hydrogens is 326 g/mol. The molecule has 6 nitrogen and oxygen atoms in total. The number of hydrogen-bond donors (Lipinski definition) is 1. The molecule has 6 heteroatoms. The molecule has 1 amide bonds. The third-order valence-corrected chi connectivity index (χ3v) is 7.16. The van der Waals surface area contributed by atoms with E-state index < -0.39 is 0 Å². The number of piperidine rings is 1. The molecule has 1 saturated carbocycles. The van der Waals surface area contributed by atoms with E-state index in [1.54, 1.807) is 0 Å². The van der Waals surface area contributed by atoms with Gasteiger partial charge in [-0.05, 0) is 76.8 Å². The molecule has 1 aromatic heterocycles. The fourth-order valence-electron chi connectivity index (χ4n) is 4.97. The molecule has 2 aliphatic heterocycles. The summed E-state index contributed by atoms with van der Waals surface area (Å²) in [6, 6.07) is 0.646. The van der Waals surface area contributed by atoms with Gasteiger partial charge in [0.2, 0.25) is 5.91 Å². The number of aromatic nitrogens is 3. The van der Waals surface area contributed by atoms with Gasteiger partial charge >= 0.3 is 0 Å². The normalized spacial score (nSPS) is 28.5. The highest BCUT2D eigenvalue weighted by molar-refractivity contribution is 5.78. The van der Waals surface area contributed by atoms with Crippen LogP contribution in [0.3, 0.4) is 0 Å². The Balaban J connectivity index is 1.35. The molecule has 144 valence electrons. The van der Waals surface area contributed by atoms with E-state index in [9.17, 15) is 4.79 Å². The maximum Gasteiger partial charge on any atom is 0.223 e. The number of hydrogen-bond acceptors (Lipinski definition) is 4. The fourth-order valence-corrected chi connectivity index (χ4v) is 4.97.